The minimum Gasteiger partial charge on any atom is -0.332 e. The molecule has 0 saturated carbocycles. The van der Waals surface area contributed by atoms with Gasteiger partial charge in [0, 0.05) is 30.4 Å². The fourth-order valence-electron chi connectivity index (χ4n) is 2.44. The maximum atomic E-state index is 13.7. The quantitative estimate of drug-likeness (QED) is 0.614. The number of nitrogens with one attached hydrogen (secondary N) is 1. The molecule has 0 bridgehead atoms. The van der Waals surface area contributed by atoms with Crippen LogP contribution in [-0.2, 0) is 7.05 Å². The minimum atomic E-state index is -1.31. The molecule has 0 unspecified atom stereocenters. The zero-order chi connectivity index (χ0) is 21.6. The standard InChI is InChI=1S/C19H14FN5O/c1-25-11-21-10-17(25)16-6-13-7-18(23-9-14(13)8-22-16)24-19(26)12-2-4-15(20)5-3-12/h2-11H,1H3,(H,23,24,26)/i2D,3D,4D,5D. The van der Waals surface area contributed by atoms with E-state index in [9.17, 15) is 9.18 Å². The molecular formula is C19H14FN5O. The maximum absolute atomic E-state index is 13.7. The fraction of sp³-hybridized carbons (Fsp3) is 0.0526. The molecule has 0 aliphatic heterocycles. The molecule has 4 rings (SSSR count). The van der Waals surface area contributed by atoms with Gasteiger partial charge in [0.15, 0.2) is 0 Å². The number of halogens is 1. The van der Waals surface area contributed by atoms with Crippen LogP contribution < -0.4 is 5.32 Å². The van der Waals surface area contributed by atoms with Gasteiger partial charge in [0.1, 0.15) is 11.6 Å². The van der Waals surface area contributed by atoms with E-state index in [0.29, 0.717) is 5.69 Å². The first kappa shape index (κ1) is 11.9. The van der Waals surface area contributed by atoms with Crippen LogP contribution in [0.1, 0.15) is 15.8 Å². The van der Waals surface area contributed by atoms with Gasteiger partial charge in [0.05, 0.1) is 29.4 Å². The lowest BCUT2D eigenvalue weighted by molar-refractivity contribution is 0.102. The zero-order valence-electron chi connectivity index (χ0n) is 17.5. The van der Waals surface area contributed by atoms with Crippen LogP contribution in [0.25, 0.3) is 22.2 Å². The van der Waals surface area contributed by atoms with Gasteiger partial charge in [-0.1, -0.05) is 0 Å². The Labute approximate surface area is 154 Å². The van der Waals surface area contributed by atoms with Crippen molar-refractivity contribution in [3.63, 3.8) is 0 Å². The van der Waals surface area contributed by atoms with Gasteiger partial charge in [-0.25, -0.2) is 14.4 Å². The molecule has 1 N–H and O–H groups in total. The summed E-state index contributed by atoms with van der Waals surface area (Å²) in [6, 6.07) is 0.0782. The van der Waals surface area contributed by atoms with Crippen LogP contribution in [0, 0.1) is 5.82 Å². The van der Waals surface area contributed by atoms with E-state index in [1.54, 1.807) is 30.9 Å². The van der Waals surface area contributed by atoms with Crippen molar-refractivity contribution in [2.75, 3.05) is 5.32 Å². The third kappa shape index (κ3) is 3.02. The number of aromatic nitrogens is 4. The molecule has 0 fully saturated rings. The predicted molar refractivity (Wildman–Crippen MR) is 96.1 cm³/mol. The van der Waals surface area contributed by atoms with Crippen molar-refractivity contribution in [1.82, 2.24) is 19.5 Å². The number of pyridine rings is 2. The number of hydrogen-bond acceptors (Lipinski definition) is 4. The lowest BCUT2D eigenvalue weighted by Crippen LogP contribution is -2.12. The lowest BCUT2D eigenvalue weighted by atomic mass is 10.1. The number of amides is 1. The van der Waals surface area contributed by atoms with Gasteiger partial charge in [0.2, 0.25) is 0 Å². The van der Waals surface area contributed by atoms with E-state index in [4.69, 9.17) is 5.48 Å². The summed E-state index contributed by atoms with van der Waals surface area (Å²) in [4.78, 5) is 25.2. The Bertz CT molecular complexity index is 1300. The van der Waals surface area contributed by atoms with Gasteiger partial charge < -0.3 is 9.88 Å². The van der Waals surface area contributed by atoms with E-state index in [2.05, 4.69) is 20.3 Å². The molecule has 0 saturated heterocycles. The van der Waals surface area contributed by atoms with E-state index < -0.39 is 41.5 Å². The Balaban J connectivity index is 1.71. The van der Waals surface area contributed by atoms with Gasteiger partial charge in [-0.3, -0.25) is 9.78 Å². The van der Waals surface area contributed by atoms with E-state index in [-0.39, 0.29) is 5.82 Å². The molecule has 26 heavy (non-hydrogen) atoms. The summed E-state index contributed by atoms with van der Waals surface area (Å²) in [6.07, 6.45) is 6.47. The van der Waals surface area contributed by atoms with Crippen LogP contribution >= 0.6 is 0 Å². The number of fused-ring (bicyclic) bond motifs is 1. The first-order chi connectivity index (χ1) is 14.3. The molecule has 7 heteroatoms. The van der Waals surface area contributed by atoms with E-state index in [0.717, 1.165) is 16.5 Å². The Hall–Kier alpha value is -3.61. The zero-order valence-corrected chi connectivity index (χ0v) is 13.5. The highest BCUT2D eigenvalue weighted by molar-refractivity contribution is 6.04. The third-order valence-electron chi connectivity index (χ3n) is 3.75. The fourth-order valence-corrected chi connectivity index (χ4v) is 2.44. The number of benzene rings is 1. The van der Waals surface area contributed by atoms with Crippen molar-refractivity contribution in [1.29, 1.82) is 0 Å². The van der Waals surface area contributed by atoms with Crippen molar-refractivity contribution < 1.29 is 14.7 Å². The molecule has 0 spiro atoms. The molecule has 0 aliphatic carbocycles. The smallest absolute Gasteiger partial charge is 0.256 e. The van der Waals surface area contributed by atoms with Crippen molar-refractivity contribution in [2.45, 2.75) is 0 Å². The summed E-state index contributed by atoms with van der Waals surface area (Å²) in [5.74, 6) is -2.09. The van der Waals surface area contributed by atoms with Gasteiger partial charge >= 0.3 is 0 Å². The van der Waals surface area contributed by atoms with Crippen LogP contribution in [0.3, 0.4) is 0 Å². The van der Waals surface area contributed by atoms with Crippen LogP contribution in [0.5, 0.6) is 0 Å². The molecule has 0 aliphatic rings. The Morgan fingerprint density at radius 2 is 1.88 bits per heavy atom. The van der Waals surface area contributed by atoms with Gasteiger partial charge in [-0.05, 0) is 41.7 Å². The molecule has 3 aromatic heterocycles. The third-order valence-corrected chi connectivity index (χ3v) is 3.75. The molecule has 3 heterocycles. The number of anilines is 1. The highest BCUT2D eigenvalue weighted by Gasteiger charge is 2.09. The summed E-state index contributed by atoms with van der Waals surface area (Å²) in [5, 5.41) is 3.91. The predicted octanol–water partition coefficient (Wildman–Crippen LogP) is 3.42. The van der Waals surface area contributed by atoms with E-state index in [1.165, 1.54) is 6.20 Å². The second-order valence-corrected chi connectivity index (χ2v) is 5.52. The molecule has 1 aromatic carbocycles. The lowest BCUT2D eigenvalue weighted by Gasteiger charge is -2.07. The Morgan fingerprint density at radius 3 is 2.62 bits per heavy atom. The largest absolute Gasteiger partial charge is 0.332 e. The molecule has 0 atom stereocenters. The number of imidazole rings is 1. The molecule has 1 amide bonds. The summed E-state index contributed by atoms with van der Waals surface area (Å²) in [5.41, 5.74) is 0.914. The van der Waals surface area contributed by atoms with Crippen LogP contribution in [0.4, 0.5) is 10.2 Å². The van der Waals surface area contributed by atoms with Crippen LogP contribution in [0.2, 0.25) is 0 Å². The van der Waals surface area contributed by atoms with Crippen molar-refractivity contribution in [2.24, 2.45) is 7.05 Å². The van der Waals surface area contributed by atoms with Crippen LogP contribution in [-0.4, -0.2) is 25.4 Å². The van der Waals surface area contributed by atoms with E-state index in [1.807, 2.05) is 11.6 Å². The summed E-state index contributed by atoms with van der Waals surface area (Å²) < 4.78 is 46.2. The summed E-state index contributed by atoms with van der Waals surface area (Å²) >= 11 is 0. The number of carbonyl (C=O) groups excluding carboxylic acids is 1. The first-order valence-corrected chi connectivity index (χ1v) is 7.57. The van der Waals surface area contributed by atoms with Gasteiger partial charge in [-0.15, -0.1) is 0 Å². The summed E-state index contributed by atoms with van der Waals surface area (Å²) in [7, 11) is 1.84. The molecule has 6 nitrogen and oxygen atoms in total. The Morgan fingerprint density at radius 1 is 1.12 bits per heavy atom. The highest BCUT2D eigenvalue weighted by Crippen LogP contribution is 2.22. The maximum Gasteiger partial charge on any atom is 0.256 e. The minimum absolute atomic E-state index is 0.135. The first-order valence-electron chi connectivity index (χ1n) is 9.57. The number of hydrogen-bond donors (Lipinski definition) is 1. The highest BCUT2D eigenvalue weighted by atomic mass is 19.1. The van der Waals surface area contributed by atoms with Crippen molar-refractivity contribution in [3.05, 3.63) is 72.6 Å². The Kier molecular flexibility index (Phi) is 2.90. The topological polar surface area (TPSA) is 72.7 Å². The average molecular weight is 351 g/mol. The number of nitrogens with zero attached hydrogens (tertiary/aromatic N) is 4. The average Bonchev–Trinajstić information content (AvgIpc) is 3.16. The van der Waals surface area contributed by atoms with E-state index >= 15 is 0 Å². The second kappa shape index (κ2) is 6.36. The number of aryl methyl sites for hydroxylation is 1. The van der Waals surface area contributed by atoms with Crippen molar-refractivity contribution >= 4 is 22.5 Å². The number of carbonyl (C=O) groups is 1. The summed E-state index contributed by atoms with van der Waals surface area (Å²) in [6.45, 7) is 0. The molecular weight excluding hydrogens is 333 g/mol. The molecule has 0 radical (unpaired) electrons. The normalized spacial score (nSPS) is 13.0. The second-order valence-electron chi connectivity index (χ2n) is 5.52. The SMILES string of the molecule is [2H]c1c([2H])c(C(=O)Nc2cc3cc(-c4cncn4C)ncc3cn2)c([2H])c([2H])c1F. The molecule has 128 valence electrons. The number of rotatable bonds is 3. The van der Waals surface area contributed by atoms with Gasteiger partial charge in [-0.2, -0.15) is 0 Å². The van der Waals surface area contributed by atoms with Gasteiger partial charge in [0.25, 0.3) is 5.91 Å². The van der Waals surface area contributed by atoms with Crippen molar-refractivity contribution in [3.8, 4) is 11.4 Å². The monoisotopic (exact) mass is 351 g/mol. The molecule has 4 aromatic rings. The van der Waals surface area contributed by atoms with Crippen LogP contribution in [0.15, 0.2) is 61.2 Å².